The van der Waals surface area contributed by atoms with Gasteiger partial charge in [-0.1, -0.05) is 0 Å². The number of carboxylic acids is 1. The summed E-state index contributed by atoms with van der Waals surface area (Å²) in [5.41, 5.74) is 0.391. The second-order valence-corrected chi connectivity index (χ2v) is 5.22. The smallest absolute Gasteiger partial charge is 0.303 e. The average molecular weight is 303 g/mol. The van der Waals surface area contributed by atoms with Crippen LogP contribution in [0, 0.1) is 11.7 Å². The molecule has 0 radical (unpaired) electrons. The van der Waals surface area contributed by atoms with Gasteiger partial charge in [-0.05, 0) is 46.8 Å². The molecule has 0 saturated heterocycles. The van der Waals surface area contributed by atoms with Crippen LogP contribution < -0.4 is 0 Å². The van der Waals surface area contributed by atoms with E-state index in [0.717, 1.165) is 12.8 Å². The standard InChI is InChI=1S/C12H12BrFO3/c13-10-4-7(14)3-9(12(10)17)8(5-11(15)16)6-1-2-6/h3-4,6,8,17H,1-2,5H2,(H,15,16). The highest BCUT2D eigenvalue weighted by Crippen LogP contribution is 2.48. The number of aliphatic carboxylic acids is 1. The highest BCUT2D eigenvalue weighted by Gasteiger charge is 2.35. The first kappa shape index (κ1) is 12.4. The Morgan fingerprint density at radius 1 is 1.53 bits per heavy atom. The topological polar surface area (TPSA) is 57.5 Å². The third-order valence-electron chi connectivity index (χ3n) is 3.04. The van der Waals surface area contributed by atoms with Crippen LogP contribution >= 0.6 is 15.9 Å². The number of hydrogen-bond acceptors (Lipinski definition) is 2. The van der Waals surface area contributed by atoms with Crippen LogP contribution in [-0.4, -0.2) is 16.2 Å². The molecule has 0 heterocycles. The lowest BCUT2D eigenvalue weighted by atomic mass is 9.90. The number of halogens is 2. The fraction of sp³-hybridized carbons (Fsp3) is 0.417. The van der Waals surface area contributed by atoms with E-state index in [9.17, 15) is 14.3 Å². The molecule has 0 aromatic heterocycles. The predicted octanol–water partition coefficient (Wildman–Crippen LogP) is 3.26. The molecular weight excluding hydrogens is 291 g/mol. The second kappa shape index (κ2) is 4.64. The summed E-state index contributed by atoms with van der Waals surface area (Å²) in [6.07, 6.45) is 1.80. The third kappa shape index (κ3) is 2.77. The molecule has 1 aliphatic carbocycles. The zero-order chi connectivity index (χ0) is 12.6. The molecule has 5 heteroatoms. The van der Waals surface area contributed by atoms with E-state index in [-0.39, 0.29) is 28.5 Å². The minimum Gasteiger partial charge on any atom is -0.506 e. The fourth-order valence-corrected chi connectivity index (χ4v) is 2.53. The van der Waals surface area contributed by atoms with Crippen molar-refractivity contribution in [1.82, 2.24) is 0 Å². The number of carboxylic acid groups (broad SMARTS) is 1. The highest BCUT2D eigenvalue weighted by molar-refractivity contribution is 9.10. The van der Waals surface area contributed by atoms with E-state index in [1.54, 1.807) is 0 Å². The SMILES string of the molecule is O=C(O)CC(c1cc(F)cc(Br)c1O)C1CC1. The van der Waals surface area contributed by atoms with E-state index in [1.165, 1.54) is 12.1 Å². The molecule has 0 spiro atoms. The first-order chi connectivity index (χ1) is 7.99. The molecule has 1 atom stereocenters. The van der Waals surface area contributed by atoms with Crippen LogP contribution in [0.1, 0.15) is 30.7 Å². The minimum absolute atomic E-state index is 0.0513. The lowest BCUT2D eigenvalue weighted by Gasteiger charge is -2.16. The largest absolute Gasteiger partial charge is 0.506 e. The maximum Gasteiger partial charge on any atom is 0.303 e. The van der Waals surface area contributed by atoms with Gasteiger partial charge in [-0.15, -0.1) is 0 Å². The van der Waals surface area contributed by atoms with Gasteiger partial charge in [-0.3, -0.25) is 4.79 Å². The Kier molecular flexibility index (Phi) is 3.38. The van der Waals surface area contributed by atoms with Gasteiger partial charge in [0.25, 0.3) is 0 Å². The quantitative estimate of drug-likeness (QED) is 0.897. The van der Waals surface area contributed by atoms with Gasteiger partial charge in [-0.25, -0.2) is 4.39 Å². The van der Waals surface area contributed by atoms with E-state index < -0.39 is 11.8 Å². The van der Waals surface area contributed by atoms with Crippen LogP contribution in [0.15, 0.2) is 16.6 Å². The Morgan fingerprint density at radius 2 is 2.18 bits per heavy atom. The highest BCUT2D eigenvalue weighted by atomic mass is 79.9. The number of carbonyl (C=O) groups is 1. The van der Waals surface area contributed by atoms with E-state index in [2.05, 4.69) is 15.9 Å². The first-order valence-corrected chi connectivity index (χ1v) is 6.18. The lowest BCUT2D eigenvalue weighted by molar-refractivity contribution is -0.137. The summed E-state index contributed by atoms with van der Waals surface area (Å²) in [4.78, 5) is 10.8. The van der Waals surface area contributed by atoms with Crippen molar-refractivity contribution < 1.29 is 19.4 Å². The molecule has 0 aliphatic heterocycles. The van der Waals surface area contributed by atoms with Crippen molar-refractivity contribution in [2.75, 3.05) is 0 Å². The van der Waals surface area contributed by atoms with Crippen molar-refractivity contribution >= 4 is 21.9 Å². The molecular formula is C12H12BrFO3. The van der Waals surface area contributed by atoms with Gasteiger partial charge < -0.3 is 10.2 Å². The summed E-state index contributed by atoms with van der Waals surface area (Å²) < 4.78 is 13.6. The number of hydrogen-bond donors (Lipinski definition) is 2. The Morgan fingerprint density at radius 3 is 2.71 bits per heavy atom. The Bertz CT molecular complexity index is 457. The molecule has 1 saturated carbocycles. The predicted molar refractivity (Wildman–Crippen MR) is 63.5 cm³/mol. The van der Waals surface area contributed by atoms with Gasteiger partial charge in [-0.2, -0.15) is 0 Å². The molecule has 1 aromatic rings. The second-order valence-electron chi connectivity index (χ2n) is 4.37. The van der Waals surface area contributed by atoms with Gasteiger partial charge in [0.15, 0.2) is 0 Å². The number of benzene rings is 1. The van der Waals surface area contributed by atoms with E-state index in [1.807, 2.05) is 0 Å². The van der Waals surface area contributed by atoms with Gasteiger partial charge in [0.2, 0.25) is 0 Å². The first-order valence-electron chi connectivity index (χ1n) is 5.38. The molecule has 0 bridgehead atoms. The van der Waals surface area contributed by atoms with Crippen LogP contribution in [0.3, 0.4) is 0 Å². The summed E-state index contributed by atoms with van der Waals surface area (Å²) in [6, 6.07) is 2.40. The monoisotopic (exact) mass is 302 g/mol. The Balaban J connectivity index is 2.38. The minimum atomic E-state index is -0.929. The maximum atomic E-state index is 13.3. The number of aromatic hydroxyl groups is 1. The van der Waals surface area contributed by atoms with Gasteiger partial charge >= 0.3 is 5.97 Å². The van der Waals surface area contributed by atoms with Crippen LogP contribution in [0.25, 0.3) is 0 Å². The van der Waals surface area contributed by atoms with Crippen molar-refractivity contribution in [1.29, 1.82) is 0 Å². The Labute approximate surface area is 106 Å². The maximum absolute atomic E-state index is 13.3. The summed E-state index contributed by atoms with van der Waals surface area (Å²) >= 11 is 3.06. The number of phenolic OH excluding ortho intramolecular Hbond substituents is 1. The molecule has 1 unspecified atom stereocenters. The van der Waals surface area contributed by atoms with Crippen LogP contribution in [0.2, 0.25) is 0 Å². The lowest BCUT2D eigenvalue weighted by Crippen LogP contribution is -2.09. The molecule has 2 N–H and O–H groups in total. The molecule has 1 aromatic carbocycles. The van der Waals surface area contributed by atoms with Crippen molar-refractivity contribution in [2.24, 2.45) is 5.92 Å². The van der Waals surface area contributed by atoms with Gasteiger partial charge in [0, 0.05) is 11.5 Å². The van der Waals surface area contributed by atoms with E-state index >= 15 is 0 Å². The summed E-state index contributed by atoms with van der Waals surface area (Å²) in [6.45, 7) is 0. The summed E-state index contributed by atoms with van der Waals surface area (Å²) in [5, 5.41) is 18.7. The normalized spacial score (nSPS) is 16.8. The van der Waals surface area contributed by atoms with E-state index in [4.69, 9.17) is 5.11 Å². The zero-order valence-electron chi connectivity index (χ0n) is 8.99. The molecule has 1 aliphatic rings. The van der Waals surface area contributed by atoms with Crippen molar-refractivity contribution in [2.45, 2.75) is 25.2 Å². The average Bonchev–Trinajstić information content (AvgIpc) is 3.03. The number of rotatable bonds is 4. The van der Waals surface area contributed by atoms with Crippen LogP contribution in [0.4, 0.5) is 4.39 Å². The molecule has 2 rings (SSSR count). The Hall–Kier alpha value is -1.10. The third-order valence-corrected chi connectivity index (χ3v) is 3.65. The van der Waals surface area contributed by atoms with Crippen molar-refractivity contribution in [3.05, 3.63) is 28.0 Å². The fourth-order valence-electron chi connectivity index (χ4n) is 2.09. The van der Waals surface area contributed by atoms with Gasteiger partial charge in [0.05, 0.1) is 10.9 Å². The number of phenols is 1. The molecule has 92 valence electrons. The van der Waals surface area contributed by atoms with Crippen LogP contribution in [-0.2, 0) is 4.79 Å². The van der Waals surface area contributed by atoms with Gasteiger partial charge in [0.1, 0.15) is 11.6 Å². The summed E-state index contributed by atoms with van der Waals surface area (Å²) in [5.74, 6) is -1.52. The molecule has 17 heavy (non-hydrogen) atoms. The van der Waals surface area contributed by atoms with E-state index in [0.29, 0.717) is 5.56 Å². The van der Waals surface area contributed by atoms with Crippen molar-refractivity contribution in [3.63, 3.8) is 0 Å². The zero-order valence-corrected chi connectivity index (χ0v) is 10.6. The molecule has 0 amide bonds. The van der Waals surface area contributed by atoms with Crippen molar-refractivity contribution in [3.8, 4) is 5.75 Å². The molecule has 1 fully saturated rings. The van der Waals surface area contributed by atoms with Crippen LogP contribution in [0.5, 0.6) is 5.75 Å². The summed E-state index contributed by atoms with van der Waals surface area (Å²) in [7, 11) is 0. The molecule has 3 nitrogen and oxygen atoms in total.